The number of ether oxygens (including phenoxy) is 1. The molecule has 1 aromatic rings. The number of carbonyl (C=O) groups excluding carboxylic acids is 1. The molecule has 17 heavy (non-hydrogen) atoms. The first kappa shape index (κ1) is 11.9. The maximum Gasteiger partial charge on any atom is 0.258 e. The van der Waals surface area contributed by atoms with Gasteiger partial charge in [0, 0.05) is 6.54 Å². The topological polar surface area (TPSA) is 58.6 Å². The molecule has 1 aliphatic carbocycles. The molecule has 4 nitrogen and oxygen atoms in total. The van der Waals surface area contributed by atoms with E-state index in [4.69, 9.17) is 4.74 Å². The Morgan fingerprint density at radius 2 is 2.06 bits per heavy atom. The molecule has 1 amide bonds. The van der Waals surface area contributed by atoms with Crippen molar-refractivity contribution in [2.24, 2.45) is 0 Å². The van der Waals surface area contributed by atoms with E-state index in [2.05, 4.69) is 5.32 Å². The number of hydrogen-bond acceptors (Lipinski definition) is 3. The Bertz CT molecular complexity index is 374. The van der Waals surface area contributed by atoms with Crippen molar-refractivity contribution in [2.75, 3.05) is 13.2 Å². The number of para-hydroxylation sites is 1. The predicted molar refractivity (Wildman–Crippen MR) is 63.7 cm³/mol. The SMILES string of the molecule is O=C(COc1ccccc1)NCC1(O)CCC1. The van der Waals surface area contributed by atoms with Crippen LogP contribution in [0.1, 0.15) is 19.3 Å². The quantitative estimate of drug-likeness (QED) is 0.803. The summed E-state index contributed by atoms with van der Waals surface area (Å²) in [6.45, 7) is 0.310. The molecule has 4 heteroatoms. The number of benzene rings is 1. The summed E-state index contributed by atoms with van der Waals surface area (Å²) in [7, 11) is 0. The number of rotatable bonds is 5. The van der Waals surface area contributed by atoms with Crippen LogP contribution >= 0.6 is 0 Å². The second-order valence-electron chi connectivity index (χ2n) is 4.46. The van der Waals surface area contributed by atoms with Crippen molar-refractivity contribution in [2.45, 2.75) is 24.9 Å². The molecule has 0 bridgehead atoms. The van der Waals surface area contributed by atoms with E-state index in [-0.39, 0.29) is 12.5 Å². The Balaban J connectivity index is 1.67. The van der Waals surface area contributed by atoms with Crippen LogP contribution in [0.2, 0.25) is 0 Å². The average Bonchev–Trinajstić information content (AvgIpc) is 2.33. The fourth-order valence-corrected chi connectivity index (χ4v) is 1.74. The van der Waals surface area contributed by atoms with Gasteiger partial charge in [-0.1, -0.05) is 18.2 Å². The Labute approximate surface area is 101 Å². The van der Waals surface area contributed by atoms with Crippen LogP contribution in [0.3, 0.4) is 0 Å². The fourth-order valence-electron chi connectivity index (χ4n) is 1.74. The van der Waals surface area contributed by atoms with E-state index in [1.165, 1.54) is 0 Å². The molecule has 0 radical (unpaired) electrons. The van der Waals surface area contributed by atoms with Crippen molar-refractivity contribution in [1.82, 2.24) is 5.32 Å². The monoisotopic (exact) mass is 235 g/mol. The van der Waals surface area contributed by atoms with Crippen LogP contribution in [-0.4, -0.2) is 29.8 Å². The van der Waals surface area contributed by atoms with Gasteiger partial charge < -0.3 is 15.2 Å². The molecule has 0 saturated heterocycles. The summed E-state index contributed by atoms with van der Waals surface area (Å²) in [5.74, 6) is 0.471. The molecule has 2 rings (SSSR count). The van der Waals surface area contributed by atoms with E-state index < -0.39 is 5.60 Å². The molecule has 0 aliphatic heterocycles. The molecule has 92 valence electrons. The van der Waals surface area contributed by atoms with Gasteiger partial charge in [0.2, 0.25) is 0 Å². The lowest BCUT2D eigenvalue weighted by atomic mass is 9.80. The van der Waals surface area contributed by atoms with Crippen LogP contribution in [0.15, 0.2) is 30.3 Å². The largest absolute Gasteiger partial charge is 0.484 e. The van der Waals surface area contributed by atoms with E-state index in [0.717, 1.165) is 19.3 Å². The minimum absolute atomic E-state index is 0.0138. The lowest BCUT2D eigenvalue weighted by molar-refractivity contribution is -0.125. The summed E-state index contributed by atoms with van der Waals surface area (Å²) in [4.78, 5) is 11.5. The van der Waals surface area contributed by atoms with Crippen LogP contribution in [0.4, 0.5) is 0 Å². The van der Waals surface area contributed by atoms with Crippen LogP contribution in [0, 0.1) is 0 Å². The van der Waals surface area contributed by atoms with Crippen molar-refractivity contribution in [3.63, 3.8) is 0 Å². The molecule has 1 aromatic carbocycles. The third-order valence-corrected chi connectivity index (χ3v) is 3.01. The van der Waals surface area contributed by atoms with Crippen molar-refractivity contribution in [3.8, 4) is 5.75 Å². The van der Waals surface area contributed by atoms with Gasteiger partial charge in [-0.2, -0.15) is 0 Å². The molecule has 0 atom stereocenters. The zero-order valence-electron chi connectivity index (χ0n) is 9.69. The third-order valence-electron chi connectivity index (χ3n) is 3.01. The molecule has 0 unspecified atom stereocenters. The molecule has 1 saturated carbocycles. The first-order valence-corrected chi connectivity index (χ1v) is 5.85. The predicted octanol–water partition coefficient (Wildman–Crippen LogP) is 1.10. The second kappa shape index (κ2) is 5.19. The molecule has 0 heterocycles. The lowest BCUT2D eigenvalue weighted by Gasteiger charge is -2.36. The number of carbonyl (C=O) groups is 1. The molecule has 0 aromatic heterocycles. The van der Waals surface area contributed by atoms with Gasteiger partial charge in [-0.25, -0.2) is 0 Å². The van der Waals surface area contributed by atoms with Crippen LogP contribution < -0.4 is 10.1 Å². The van der Waals surface area contributed by atoms with Crippen LogP contribution in [0.5, 0.6) is 5.75 Å². The van der Waals surface area contributed by atoms with Crippen molar-refractivity contribution >= 4 is 5.91 Å². The minimum Gasteiger partial charge on any atom is -0.484 e. The average molecular weight is 235 g/mol. The Hall–Kier alpha value is -1.55. The molecule has 1 fully saturated rings. The van der Waals surface area contributed by atoms with E-state index in [0.29, 0.717) is 12.3 Å². The minimum atomic E-state index is -0.678. The van der Waals surface area contributed by atoms with Gasteiger partial charge in [0.1, 0.15) is 5.75 Å². The van der Waals surface area contributed by atoms with Gasteiger partial charge in [0.05, 0.1) is 5.60 Å². The summed E-state index contributed by atoms with van der Waals surface area (Å²) in [5.41, 5.74) is -0.678. The van der Waals surface area contributed by atoms with Crippen molar-refractivity contribution in [3.05, 3.63) is 30.3 Å². The third kappa shape index (κ3) is 3.46. The molecular weight excluding hydrogens is 218 g/mol. The molecule has 1 aliphatic rings. The van der Waals surface area contributed by atoms with Gasteiger partial charge in [-0.3, -0.25) is 4.79 Å². The zero-order chi connectivity index (χ0) is 12.1. The highest BCUT2D eigenvalue weighted by Crippen LogP contribution is 2.30. The number of nitrogens with one attached hydrogen (secondary N) is 1. The fraction of sp³-hybridized carbons (Fsp3) is 0.462. The summed E-state index contributed by atoms with van der Waals surface area (Å²) >= 11 is 0. The van der Waals surface area contributed by atoms with Gasteiger partial charge in [0.15, 0.2) is 6.61 Å². The van der Waals surface area contributed by atoms with E-state index in [9.17, 15) is 9.90 Å². The smallest absolute Gasteiger partial charge is 0.258 e. The lowest BCUT2D eigenvalue weighted by Crippen LogP contribution is -2.48. The highest BCUT2D eigenvalue weighted by atomic mass is 16.5. The van der Waals surface area contributed by atoms with Crippen LogP contribution in [-0.2, 0) is 4.79 Å². The van der Waals surface area contributed by atoms with E-state index in [1.807, 2.05) is 18.2 Å². The van der Waals surface area contributed by atoms with Crippen molar-refractivity contribution in [1.29, 1.82) is 0 Å². The second-order valence-corrected chi connectivity index (χ2v) is 4.46. The molecule has 2 N–H and O–H groups in total. The highest BCUT2D eigenvalue weighted by Gasteiger charge is 2.34. The Kier molecular flexibility index (Phi) is 3.64. The van der Waals surface area contributed by atoms with E-state index in [1.54, 1.807) is 12.1 Å². The van der Waals surface area contributed by atoms with Gasteiger partial charge >= 0.3 is 0 Å². The normalized spacial score (nSPS) is 17.0. The first-order valence-electron chi connectivity index (χ1n) is 5.85. The van der Waals surface area contributed by atoms with E-state index >= 15 is 0 Å². The highest BCUT2D eigenvalue weighted by molar-refractivity contribution is 5.77. The maximum absolute atomic E-state index is 11.5. The summed E-state index contributed by atoms with van der Waals surface area (Å²) in [5, 5.41) is 12.5. The summed E-state index contributed by atoms with van der Waals surface area (Å²) < 4.78 is 5.29. The van der Waals surface area contributed by atoms with Gasteiger partial charge in [-0.05, 0) is 31.4 Å². The zero-order valence-corrected chi connectivity index (χ0v) is 9.69. The number of amides is 1. The summed E-state index contributed by atoms with van der Waals surface area (Å²) in [6.07, 6.45) is 2.58. The molecular formula is C13H17NO3. The summed E-state index contributed by atoms with van der Waals surface area (Å²) in [6, 6.07) is 9.19. The van der Waals surface area contributed by atoms with Crippen molar-refractivity contribution < 1.29 is 14.6 Å². The van der Waals surface area contributed by atoms with Crippen LogP contribution in [0.25, 0.3) is 0 Å². The van der Waals surface area contributed by atoms with Gasteiger partial charge in [-0.15, -0.1) is 0 Å². The maximum atomic E-state index is 11.5. The Morgan fingerprint density at radius 3 is 2.65 bits per heavy atom. The first-order chi connectivity index (χ1) is 8.18. The standard InChI is InChI=1S/C13H17NO3/c15-12(14-10-13(16)7-4-8-13)9-17-11-5-2-1-3-6-11/h1-3,5-6,16H,4,7-10H2,(H,14,15). The Morgan fingerprint density at radius 1 is 1.35 bits per heavy atom. The number of hydrogen-bond donors (Lipinski definition) is 2. The number of aliphatic hydroxyl groups is 1. The molecule has 0 spiro atoms. The van der Waals surface area contributed by atoms with Gasteiger partial charge in [0.25, 0.3) is 5.91 Å².